The summed E-state index contributed by atoms with van der Waals surface area (Å²) in [6.45, 7) is 8.29. The monoisotopic (exact) mass is 268 g/mol. The zero-order valence-corrected chi connectivity index (χ0v) is 10.8. The third-order valence-electron chi connectivity index (χ3n) is 2.34. The molecular formula is C11H16N4O4. The molecule has 0 aliphatic heterocycles. The molecule has 0 bridgehead atoms. The van der Waals surface area contributed by atoms with Gasteiger partial charge in [-0.15, -0.1) is 0 Å². The molecule has 104 valence electrons. The highest BCUT2D eigenvalue weighted by molar-refractivity contribution is 5.21. The molecule has 1 heterocycles. The standard InChI is InChI=1S/C11H16N4O4/c1-7(2)12-4-8(3)5-14-6-9(15(18)19)10(16)13-11(14)17/h6-7,12H,3-5H2,1-2H3,(H,13,16,17). The van der Waals surface area contributed by atoms with Crippen LogP contribution in [0.15, 0.2) is 27.9 Å². The van der Waals surface area contributed by atoms with Gasteiger partial charge in [0.1, 0.15) is 0 Å². The first-order valence-electron chi connectivity index (χ1n) is 5.69. The molecule has 0 aromatic carbocycles. The third kappa shape index (κ3) is 4.18. The average Bonchev–Trinajstić information content (AvgIpc) is 2.29. The Bertz CT molecular complexity index is 599. The van der Waals surface area contributed by atoms with Gasteiger partial charge in [0.15, 0.2) is 0 Å². The summed E-state index contributed by atoms with van der Waals surface area (Å²) in [6, 6.07) is 0.262. The first kappa shape index (κ1) is 14.8. The molecule has 0 aliphatic rings. The van der Waals surface area contributed by atoms with Crippen molar-refractivity contribution >= 4 is 5.69 Å². The van der Waals surface area contributed by atoms with E-state index in [4.69, 9.17) is 0 Å². The van der Waals surface area contributed by atoms with Crippen molar-refractivity contribution in [3.63, 3.8) is 0 Å². The number of rotatable bonds is 6. The normalized spacial score (nSPS) is 10.7. The number of hydrogen-bond donors (Lipinski definition) is 2. The summed E-state index contributed by atoms with van der Waals surface area (Å²) in [5.74, 6) is 0. The van der Waals surface area contributed by atoms with Crippen molar-refractivity contribution in [1.29, 1.82) is 0 Å². The molecule has 1 aromatic heterocycles. The van der Waals surface area contributed by atoms with Gasteiger partial charge in [0.05, 0.1) is 11.1 Å². The number of nitrogens with one attached hydrogen (secondary N) is 2. The van der Waals surface area contributed by atoms with Gasteiger partial charge in [-0.2, -0.15) is 0 Å². The highest BCUT2D eigenvalue weighted by Gasteiger charge is 2.15. The quantitative estimate of drug-likeness (QED) is 0.428. The molecule has 1 aromatic rings. The van der Waals surface area contributed by atoms with Gasteiger partial charge in [-0.1, -0.05) is 20.4 Å². The Labute approximate surface area is 108 Å². The summed E-state index contributed by atoms with van der Waals surface area (Å²) in [4.78, 5) is 34.4. The summed E-state index contributed by atoms with van der Waals surface area (Å²) in [5.41, 5.74) is -1.68. The predicted molar refractivity (Wildman–Crippen MR) is 70.3 cm³/mol. The summed E-state index contributed by atoms with van der Waals surface area (Å²) in [6.07, 6.45) is 0.932. The van der Waals surface area contributed by atoms with Crippen molar-refractivity contribution in [2.75, 3.05) is 6.54 Å². The van der Waals surface area contributed by atoms with E-state index in [1.54, 1.807) is 0 Å². The van der Waals surface area contributed by atoms with E-state index in [1.165, 1.54) is 0 Å². The van der Waals surface area contributed by atoms with Crippen LogP contribution >= 0.6 is 0 Å². The lowest BCUT2D eigenvalue weighted by molar-refractivity contribution is -0.386. The molecule has 0 saturated heterocycles. The first-order chi connectivity index (χ1) is 8.81. The Kier molecular flexibility index (Phi) is 4.76. The minimum Gasteiger partial charge on any atom is -0.311 e. The molecule has 0 unspecified atom stereocenters. The van der Waals surface area contributed by atoms with Gasteiger partial charge in [0.2, 0.25) is 0 Å². The van der Waals surface area contributed by atoms with Gasteiger partial charge in [0.25, 0.3) is 0 Å². The molecule has 8 heteroatoms. The van der Waals surface area contributed by atoms with Crippen LogP contribution in [0, 0.1) is 10.1 Å². The fourth-order valence-electron chi connectivity index (χ4n) is 1.39. The van der Waals surface area contributed by atoms with E-state index in [0.29, 0.717) is 12.1 Å². The Balaban J connectivity index is 2.93. The number of nitrogens with zero attached hydrogens (tertiary/aromatic N) is 2. The van der Waals surface area contributed by atoms with E-state index < -0.39 is 21.9 Å². The van der Waals surface area contributed by atoms with E-state index in [0.717, 1.165) is 10.8 Å². The minimum absolute atomic E-state index is 0.107. The van der Waals surface area contributed by atoms with Crippen molar-refractivity contribution in [3.8, 4) is 0 Å². The number of hydrogen-bond acceptors (Lipinski definition) is 5. The van der Waals surface area contributed by atoms with Gasteiger partial charge in [-0.25, -0.2) is 4.79 Å². The molecular weight excluding hydrogens is 252 g/mol. The molecule has 0 aliphatic carbocycles. The zero-order chi connectivity index (χ0) is 14.6. The molecule has 2 N–H and O–H groups in total. The summed E-state index contributed by atoms with van der Waals surface area (Å²) >= 11 is 0. The van der Waals surface area contributed by atoms with Gasteiger partial charge in [-0.3, -0.25) is 24.5 Å². The van der Waals surface area contributed by atoms with Crippen molar-refractivity contribution in [3.05, 3.63) is 49.3 Å². The second-order valence-electron chi connectivity index (χ2n) is 4.44. The third-order valence-corrected chi connectivity index (χ3v) is 2.34. The van der Waals surface area contributed by atoms with Crippen LogP contribution in [0.1, 0.15) is 13.8 Å². The zero-order valence-electron chi connectivity index (χ0n) is 10.8. The van der Waals surface area contributed by atoms with E-state index in [1.807, 2.05) is 18.8 Å². The van der Waals surface area contributed by atoms with Crippen LogP contribution in [0.2, 0.25) is 0 Å². The highest BCUT2D eigenvalue weighted by atomic mass is 16.6. The van der Waals surface area contributed by atoms with Crippen LogP contribution in [-0.4, -0.2) is 27.1 Å². The molecule has 0 atom stereocenters. The lowest BCUT2D eigenvalue weighted by Gasteiger charge is -2.11. The molecule has 0 radical (unpaired) electrons. The van der Waals surface area contributed by atoms with E-state index in [9.17, 15) is 19.7 Å². The fourth-order valence-corrected chi connectivity index (χ4v) is 1.39. The maximum absolute atomic E-state index is 11.5. The Morgan fingerprint density at radius 2 is 2.21 bits per heavy atom. The maximum atomic E-state index is 11.5. The van der Waals surface area contributed by atoms with Crippen LogP contribution in [-0.2, 0) is 6.54 Å². The Morgan fingerprint density at radius 3 is 2.74 bits per heavy atom. The van der Waals surface area contributed by atoms with Crippen LogP contribution in [0.5, 0.6) is 0 Å². The van der Waals surface area contributed by atoms with E-state index >= 15 is 0 Å². The van der Waals surface area contributed by atoms with Crippen LogP contribution in [0.4, 0.5) is 5.69 Å². The lowest BCUT2D eigenvalue weighted by atomic mass is 10.2. The van der Waals surface area contributed by atoms with Crippen molar-refractivity contribution in [2.45, 2.75) is 26.4 Å². The molecule has 0 spiro atoms. The number of H-pyrrole nitrogens is 1. The molecule has 0 amide bonds. The Morgan fingerprint density at radius 1 is 1.58 bits per heavy atom. The first-order valence-corrected chi connectivity index (χ1v) is 5.69. The van der Waals surface area contributed by atoms with Gasteiger partial charge in [0, 0.05) is 19.1 Å². The molecule has 19 heavy (non-hydrogen) atoms. The predicted octanol–water partition coefficient (Wildman–Crippen LogP) is -0.00100. The molecule has 1 rings (SSSR count). The van der Waals surface area contributed by atoms with Crippen LogP contribution in [0.3, 0.4) is 0 Å². The summed E-state index contributed by atoms with van der Waals surface area (Å²) in [7, 11) is 0. The van der Waals surface area contributed by atoms with Crippen molar-refractivity contribution in [1.82, 2.24) is 14.9 Å². The Hall–Kier alpha value is -2.22. The fraction of sp³-hybridized carbons (Fsp3) is 0.455. The van der Waals surface area contributed by atoms with Gasteiger partial charge >= 0.3 is 16.9 Å². The van der Waals surface area contributed by atoms with E-state index in [-0.39, 0.29) is 12.6 Å². The summed E-state index contributed by atoms with van der Waals surface area (Å²) < 4.78 is 1.06. The second-order valence-corrected chi connectivity index (χ2v) is 4.44. The highest BCUT2D eigenvalue weighted by Crippen LogP contribution is 2.01. The molecule has 8 nitrogen and oxygen atoms in total. The lowest BCUT2D eigenvalue weighted by Crippen LogP contribution is -2.33. The van der Waals surface area contributed by atoms with Gasteiger partial charge in [-0.05, 0) is 5.57 Å². The number of aromatic amines is 1. The van der Waals surface area contributed by atoms with Crippen LogP contribution < -0.4 is 16.6 Å². The number of aromatic nitrogens is 2. The maximum Gasteiger partial charge on any atom is 0.350 e. The SMILES string of the molecule is C=C(CNC(C)C)Cn1cc([N+](=O)[O-])c(=O)[nH]c1=O. The van der Waals surface area contributed by atoms with Crippen LogP contribution in [0.25, 0.3) is 0 Å². The van der Waals surface area contributed by atoms with Crippen molar-refractivity contribution in [2.24, 2.45) is 0 Å². The van der Waals surface area contributed by atoms with Crippen molar-refractivity contribution < 1.29 is 4.92 Å². The number of nitro groups is 1. The van der Waals surface area contributed by atoms with E-state index in [2.05, 4.69) is 11.9 Å². The average molecular weight is 268 g/mol. The topological polar surface area (TPSA) is 110 Å². The van der Waals surface area contributed by atoms with Gasteiger partial charge < -0.3 is 5.32 Å². The summed E-state index contributed by atoms with van der Waals surface area (Å²) in [5, 5.41) is 13.7. The smallest absolute Gasteiger partial charge is 0.311 e. The molecule has 0 saturated carbocycles. The largest absolute Gasteiger partial charge is 0.350 e. The second kappa shape index (κ2) is 6.10. The minimum atomic E-state index is -1.00. The molecule has 0 fully saturated rings.